The van der Waals surface area contributed by atoms with Crippen LogP contribution in [0.2, 0.25) is 0 Å². The van der Waals surface area contributed by atoms with Crippen LogP contribution in [0.5, 0.6) is 0 Å². The Balaban J connectivity index is 2.26. The quantitative estimate of drug-likeness (QED) is 0.429. The number of ketones is 1. The van der Waals surface area contributed by atoms with E-state index in [4.69, 9.17) is 43.1 Å². The summed E-state index contributed by atoms with van der Waals surface area (Å²) in [4.78, 5) is 38.0. The molecule has 4 atom stereocenters. The van der Waals surface area contributed by atoms with Crippen molar-refractivity contribution in [2.75, 3.05) is 18.2 Å². The summed E-state index contributed by atoms with van der Waals surface area (Å²) in [6.07, 6.45) is -1.27. The van der Waals surface area contributed by atoms with Gasteiger partial charge >= 0.3 is 11.9 Å². The van der Waals surface area contributed by atoms with Crippen LogP contribution in [-0.2, 0) is 23.8 Å². The van der Waals surface area contributed by atoms with Crippen molar-refractivity contribution in [2.24, 2.45) is 0 Å². The first-order chi connectivity index (χ1) is 11.8. The zero-order valence-corrected chi connectivity index (χ0v) is 15.0. The Labute approximate surface area is 153 Å². The van der Waals surface area contributed by atoms with Crippen LogP contribution >= 0.6 is 23.2 Å². The molecule has 1 aromatic rings. The molecule has 0 spiro atoms. The standard InChI is InChI=1S/C14H17Cl2N3O6/c1-6(20)23-4-9-12(24-7(2)21)10(16)14(25-9)19-5-18-11(13(19)17)8(22)3-15/h5,9-10,12,14H,3-4,17H2,1-2H3/t9-,10+,12-,14-/m1/s1. The second-order valence-electron chi connectivity index (χ2n) is 5.33. The Morgan fingerprint density at radius 3 is 2.60 bits per heavy atom. The molecule has 1 saturated heterocycles. The van der Waals surface area contributed by atoms with Gasteiger partial charge in [-0.1, -0.05) is 0 Å². The highest BCUT2D eigenvalue weighted by atomic mass is 35.5. The highest BCUT2D eigenvalue weighted by molar-refractivity contribution is 6.30. The van der Waals surface area contributed by atoms with Crippen LogP contribution in [-0.4, -0.2) is 57.3 Å². The average Bonchev–Trinajstić information content (AvgIpc) is 3.06. The van der Waals surface area contributed by atoms with Crippen molar-refractivity contribution in [3.63, 3.8) is 0 Å². The van der Waals surface area contributed by atoms with E-state index in [1.807, 2.05) is 0 Å². The Morgan fingerprint density at radius 1 is 1.36 bits per heavy atom. The summed E-state index contributed by atoms with van der Waals surface area (Å²) in [5.74, 6) is -1.78. The topological polar surface area (TPSA) is 123 Å². The minimum absolute atomic E-state index is 0.00469. The molecule has 9 nitrogen and oxygen atoms in total. The molecule has 1 fully saturated rings. The van der Waals surface area contributed by atoms with Crippen LogP contribution in [0, 0.1) is 0 Å². The number of Topliss-reactive ketones (excluding diaryl/α,β-unsaturated/α-hetero) is 1. The van der Waals surface area contributed by atoms with Gasteiger partial charge in [-0.2, -0.15) is 0 Å². The number of esters is 2. The first kappa shape index (κ1) is 19.5. The van der Waals surface area contributed by atoms with Gasteiger partial charge in [-0.3, -0.25) is 19.0 Å². The van der Waals surface area contributed by atoms with Crippen molar-refractivity contribution in [2.45, 2.75) is 37.7 Å². The number of hydrogen-bond donors (Lipinski definition) is 1. The van der Waals surface area contributed by atoms with E-state index in [0.29, 0.717) is 0 Å². The summed E-state index contributed by atoms with van der Waals surface area (Å²) in [6, 6.07) is 0. The van der Waals surface area contributed by atoms with Gasteiger partial charge in [0.1, 0.15) is 29.6 Å². The Bertz CT molecular complexity index is 680. The van der Waals surface area contributed by atoms with Crippen LogP contribution in [0.1, 0.15) is 30.6 Å². The zero-order chi connectivity index (χ0) is 18.7. The van der Waals surface area contributed by atoms with Gasteiger partial charge in [-0.15, -0.1) is 23.2 Å². The van der Waals surface area contributed by atoms with Crippen LogP contribution in [0.4, 0.5) is 5.82 Å². The molecule has 25 heavy (non-hydrogen) atoms. The molecule has 0 bridgehead atoms. The minimum atomic E-state index is -0.879. The number of rotatable bonds is 6. The molecule has 0 aliphatic carbocycles. The number of anilines is 1. The van der Waals surface area contributed by atoms with Gasteiger partial charge in [-0.05, 0) is 0 Å². The molecule has 0 aromatic carbocycles. The molecule has 0 amide bonds. The maximum Gasteiger partial charge on any atom is 0.303 e. The lowest BCUT2D eigenvalue weighted by atomic mass is 10.1. The lowest BCUT2D eigenvalue weighted by Gasteiger charge is -2.19. The molecule has 2 rings (SSSR count). The van der Waals surface area contributed by atoms with E-state index in [1.165, 1.54) is 24.7 Å². The molecule has 2 heterocycles. The number of nitrogen functional groups attached to an aromatic ring is 1. The molecule has 11 heteroatoms. The Kier molecular flexibility index (Phi) is 6.26. The van der Waals surface area contributed by atoms with E-state index in [1.54, 1.807) is 0 Å². The van der Waals surface area contributed by atoms with Crippen molar-refractivity contribution in [1.29, 1.82) is 0 Å². The number of ether oxygens (including phenoxy) is 3. The van der Waals surface area contributed by atoms with Gasteiger partial charge in [-0.25, -0.2) is 4.98 Å². The number of imidazole rings is 1. The van der Waals surface area contributed by atoms with Gasteiger partial charge < -0.3 is 19.9 Å². The summed E-state index contributed by atoms with van der Waals surface area (Å²) in [6.45, 7) is 2.31. The number of carbonyl (C=O) groups excluding carboxylic acids is 3. The fourth-order valence-corrected chi connectivity index (χ4v) is 2.96. The SMILES string of the molecule is CC(=O)OC[C@H]1O[C@@H](n2cnc(C(=O)CCl)c2N)[C@@H](Cl)[C@@H]1OC(C)=O. The number of nitrogens with zero attached hydrogens (tertiary/aromatic N) is 2. The van der Waals surface area contributed by atoms with Crippen molar-refractivity contribution < 1.29 is 28.6 Å². The van der Waals surface area contributed by atoms with E-state index < -0.39 is 41.5 Å². The van der Waals surface area contributed by atoms with Gasteiger partial charge in [0, 0.05) is 13.8 Å². The molecule has 0 saturated carbocycles. The van der Waals surface area contributed by atoms with E-state index >= 15 is 0 Å². The largest absolute Gasteiger partial charge is 0.463 e. The number of carbonyl (C=O) groups is 3. The van der Waals surface area contributed by atoms with Crippen molar-refractivity contribution in [1.82, 2.24) is 9.55 Å². The van der Waals surface area contributed by atoms with Gasteiger partial charge in [0.15, 0.2) is 18.1 Å². The third kappa shape index (κ3) is 4.23. The fraction of sp³-hybridized carbons (Fsp3) is 0.571. The maximum atomic E-state index is 11.7. The zero-order valence-electron chi connectivity index (χ0n) is 13.5. The Morgan fingerprint density at radius 2 is 2.04 bits per heavy atom. The number of alkyl halides is 2. The monoisotopic (exact) mass is 393 g/mol. The van der Waals surface area contributed by atoms with Crippen molar-refractivity contribution in [3.8, 4) is 0 Å². The first-order valence-corrected chi connectivity index (χ1v) is 8.25. The average molecular weight is 394 g/mol. The van der Waals surface area contributed by atoms with Gasteiger partial charge in [0.25, 0.3) is 0 Å². The molecule has 1 aliphatic rings. The summed E-state index contributed by atoms with van der Waals surface area (Å²) in [7, 11) is 0. The molecule has 0 unspecified atom stereocenters. The van der Waals surface area contributed by atoms with Crippen LogP contribution in [0.25, 0.3) is 0 Å². The third-order valence-electron chi connectivity index (χ3n) is 3.51. The normalized spacial score (nSPS) is 25.6. The van der Waals surface area contributed by atoms with Crippen LogP contribution < -0.4 is 5.73 Å². The second-order valence-corrected chi connectivity index (χ2v) is 6.10. The first-order valence-electron chi connectivity index (χ1n) is 7.27. The molecular formula is C14H17Cl2N3O6. The van der Waals surface area contributed by atoms with Crippen molar-refractivity contribution >= 4 is 46.7 Å². The number of aromatic nitrogens is 2. The maximum absolute atomic E-state index is 11.7. The molecule has 0 radical (unpaired) electrons. The third-order valence-corrected chi connectivity index (χ3v) is 4.22. The highest BCUT2D eigenvalue weighted by Gasteiger charge is 2.48. The highest BCUT2D eigenvalue weighted by Crippen LogP contribution is 2.37. The van der Waals surface area contributed by atoms with Crippen molar-refractivity contribution in [3.05, 3.63) is 12.0 Å². The summed E-state index contributed by atoms with van der Waals surface area (Å²) >= 11 is 11.9. The Hall–Kier alpha value is -1.84. The predicted octanol–water partition coefficient (Wildman–Crippen LogP) is 0.886. The molecule has 1 aromatic heterocycles. The molecule has 138 valence electrons. The summed E-state index contributed by atoms with van der Waals surface area (Å²) < 4.78 is 17.2. The van der Waals surface area contributed by atoms with Crippen LogP contribution in [0.15, 0.2) is 6.33 Å². The molecule has 1 aliphatic heterocycles. The minimum Gasteiger partial charge on any atom is -0.463 e. The lowest BCUT2D eigenvalue weighted by Crippen LogP contribution is -2.35. The van der Waals surface area contributed by atoms with Gasteiger partial charge in [0.05, 0.1) is 12.2 Å². The van der Waals surface area contributed by atoms with E-state index in [0.717, 1.165) is 0 Å². The molecule has 2 N–H and O–H groups in total. The lowest BCUT2D eigenvalue weighted by molar-refractivity contribution is -0.155. The van der Waals surface area contributed by atoms with Gasteiger partial charge in [0.2, 0.25) is 0 Å². The second kappa shape index (κ2) is 8.03. The number of halogens is 2. The van der Waals surface area contributed by atoms with E-state index in [2.05, 4.69) is 4.98 Å². The molecular weight excluding hydrogens is 377 g/mol. The van der Waals surface area contributed by atoms with E-state index in [-0.39, 0.29) is 24.0 Å². The number of hydrogen-bond acceptors (Lipinski definition) is 8. The smallest absolute Gasteiger partial charge is 0.303 e. The fourth-order valence-electron chi connectivity index (χ4n) is 2.44. The van der Waals surface area contributed by atoms with E-state index in [9.17, 15) is 14.4 Å². The summed E-state index contributed by atoms with van der Waals surface area (Å²) in [5, 5.41) is -0.847. The summed E-state index contributed by atoms with van der Waals surface area (Å²) in [5.41, 5.74) is 5.92. The van der Waals surface area contributed by atoms with Crippen LogP contribution in [0.3, 0.4) is 0 Å². The predicted molar refractivity (Wildman–Crippen MR) is 87.4 cm³/mol. The number of nitrogens with two attached hydrogens (primary N) is 1.